The maximum atomic E-state index is 12.8. The summed E-state index contributed by atoms with van der Waals surface area (Å²) < 4.78 is 1.35. The van der Waals surface area contributed by atoms with Gasteiger partial charge in [-0.25, -0.2) is 10.1 Å². The number of hydrogen-bond donors (Lipinski definition) is 1. The number of nitrogens with zero attached hydrogens (tertiary/aromatic N) is 5. The van der Waals surface area contributed by atoms with Crippen LogP contribution in [-0.2, 0) is 11.3 Å². The van der Waals surface area contributed by atoms with E-state index in [2.05, 4.69) is 20.1 Å². The fourth-order valence-corrected chi connectivity index (χ4v) is 3.67. The first kappa shape index (κ1) is 20.5. The Kier molecular flexibility index (Phi) is 5.66. The van der Waals surface area contributed by atoms with Crippen molar-refractivity contribution < 1.29 is 4.79 Å². The topological polar surface area (TPSA) is 104 Å². The molecule has 0 unspecified atom stereocenters. The van der Waals surface area contributed by atoms with E-state index in [-0.39, 0.29) is 23.6 Å². The minimum Gasteiger partial charge on any atom is -0.366 e. The lowest BCUT2D eigenvalue weighted by Gasteiger charge is -2.36. The van der Waals surface area contributed by atoms with Crippen LogP contribution in [-0.4, -0.2) is 56.7 Å². The van der Waals surface area contributed by atoms with Crippen molar-refractivity contribution in [3.63, 3.8) is 0 Å². The zero-order valence-corrected chi connectivity index (χ0v) is 17.5. The van der Waals surface area contributed by atoms with Crippen LogP contribution in [0, 0.1) is 13.8 Å². The third-order valence-corrected chi connectivity index (χ3v) is 5.63. The van der Waals surface area contributed by atoms with Gasteiger partial charge in [0.2, 0.25) is 5.91 Å². The van der Waals surface area contributed by atoms with Gasteiger partial charge in [0, 0.05) is 49.1 Å². The van der Waals surface area contributed by atoms with Gasteiger partial charge >= 0.3 is 0 Å². The molecule has 3 heterocycles. The summed E-state index contributed by atoms with van der Waals surface area (Å²) in [4.78, 5) is 45.0. The zero-order valence-electron chi connectivity index (χ0n) is 17.5. The highest BCUT2D eigenvalue weighted by Gasteiger charge is 2.24. The zero-order chi connectivity index (χ0) is 22.0. The Morgan fingerprint density at radius 3 is 2.48 bits per heavy atom. The average Bonchev–Trinajstić information content (AvgIpc) is 2.80. The molecule has 9 nitrogen and oxygen atoms in total. The van der Waals surface area contributed by atoms with Crippen molar-refractivity contribution in [2.45, 2.75) is 20.4 Å². The minimum atomic E-state index is -0.269. The van der Waals surface area contributed by atoms with Crippen molar-refractivity contribution in [3.8, 4) is 11.3 Å². The fraction of sp³-hybridized carbons (Fsp3) is 0.318. The quantitative estimate of drug-likeness (QED) is 0.674. The Labute approximate surface area is 179 Å². The Bertz CT molecular complexity index is 1210. The molecule has 0 spiro atoms. The Hall–Kier alpha value is -3.75. The van der Waals surface area contributed by atoms with Gasteiger partial charge in [0.25, 0.3) is 11.1 Å². The molecule has 3 aromatic rings. The number of H-pyrrole nitrogens is 1. The molecule has 1 N–H and O–H groups in total. The van der Waals surface area contributed by atoms with E-state index >= 15 is 0 Å². The first-order valence-corrected chi connectivity index (χ1v) is 10.1. The molecular weight excluding hydrogens is 396 g/mol. The molecule has 4 rings (SSSR count). The number of aromatic nitrogens is 4. The van der Waals surface area contributed by atoms with Crippen LogP contribution in [0.25, 0.3) is 11.3 Å². The molecule has 1 saturated heterocycles. The largest absolute Gasteiger partial charge is 0.366 e. The van der Waals surface area contributed by atoms with Crippen molar-refractivity contribution in [3.05, 3.63) is 74.7 Å². The number of carbonyl (C=O) groups is 1. The number of hydrogen-bond acceptors (Lipinski definition) is 6. The van der Waals surface area contributed by atoms with Gasteiger partial charge in [0.1, 0.15) is 12.2 Å². The Morgan fingerprint density at radius 2 is 1.77 bits per heavy atom. The standard InChI is InChI=1S/C22H24N6O3/c1-15-16(2)23-14-28(22(15)31)13-20(30)27-10-8-26(9-11-27)18-12-19(29)24-25-21(18)17-6-4-3-5-7-17/h3-7,12,14H,8-11,13H2,1-2H3,(H,24,29). The molecule has 0 radical (unpaired) electrons. The second kappa shape index (κ2) is 8.55. The molecule has 0 atom stereocenters. The molecule has 1 aliphatic rings. The number of aromatic amines is 1. The average molecular weight is 420 g/mol. The number of nitrogens with one attached hydrogen (secondary N) is 1. The van der Waals surface area contributed by atoms with Crippen molar-refractivity contribution >= 4 is 11.6 Å². The first-order valence-electron chi connectivity index (χ1n) is 10.1. The molecule has 1 amide bonds. The third kappa shape index (κ3) is 4.25. The maximum absolute atomic E-state index is 12.8. The van der Waals surface area contributed by atoms with E-state index in [4.69, 9.17) is 0 Å². The molecule has 2 aromatic heterocycles. The summed E-state index contributed by atoms with van der Waals surface area (Å²) in [6.45, 7) is 5.57. The number of rotatable bonds is 4. The summed E-state index contributed by atoms with van der Waals surface area (Å²) in [6, 6.07) is 11.2. The number of anilines is 1. The van der Waals surface area contributed by atoms with Crippen LogP contribution < -0.4 is 16.0 Å². The number of benzene rings is 1. The molecule has 9 heteroatoms. The molecule has 0 saturated carbocycles. The highest BCUT2D eigenvalue weighted by atomic mass is 16.2. The van der Waals surface area contributed by atoms with Gasteiger partial charge in [0.05, 0.1) is 12.0 Å². The molecule has 160 valence electrons. The second-order valence-corrected chi connectivity index (χ2v) is 7.59. The third-order valence-electron chi connectivity index (χ3n) is 5.63. The van der Waals surface area contributed by atoms with Gasteiger partial charge in [-0.1, -0.05) is 30.3 Å². The van der Waals surface area contributed by atoms with Crippen molar-refractivity contribution in [2.75, 3.05) is 31.1 Å². The molecule has 0 bridgehead atoms. The molecule has 1 aliphatic heterocycles. The summed E-state index contributed by atoms with van der Waals surface area (Å²) >= 11 is 0. The van der Waals surface area contributed by atoms with E-state index in [1.165, 1.54) is 10.9 Å². The highest BCUT2D eigenvalue weighted by molar-refractivity contribution is 5.77. The van der Waals surface area contributed by atoms with Crippen LogP contribution in [0.3, 0.4) is 0 Å². The van der Waals surface area contributed by atoms with Gasteiger partial charge in [-0.2, -0.15) is 5.10 Å². The lowest BCUT2D eigenvalue weighted by Crippen LogP contribution is -2.50. The Balaban J connectivity index is 1.48. The van der Waals surface area contributed by atoms with Gasteiger partial charge in [-0.05, 0) is 13.8 Å². The van der Waals surface area contributed by atoms with Gasteiger partial charge in [0.15, 0.2) is 0 Å². The lowest BCUT2D eigenvalue weighted by atomic mass is 10.1. The predicted octanol–water partition coefficient (Wildman–Crippen LogP) is 0.959. The highest BCUT2D eigenvalue weighted by Crippen LogP contribution is 2.27. The van der Waals surface area contributed by atoms with E-state index in [0.717, 1.165) is 11.3 Å². The van der Waals surface area contributed by atoms with Gasteiger partial charge in [-0.3, -0.25) is 19.0 Å². The monoisotopic (exact) mass is 420 g/mol. The van der Waals surface area contributed by atoms with Crippen LogP contribution >= 0.6 is 0 Å². The Morgan fingerprint density at radius 1 is 1.06 bits per heavy atom. The van der Waals surface area contributed by atoms with Crippen molar-refractivity contribution in [1.82, 2.24) is 24.6 Å². The van der Waals surface area contributed by atoms with Crippen LogP contribution in [0.1, 0.15) is 11.3 Å². The summed E-state index contributed by atoms with van der Waals surface area (Å²) in [5.41, 5.74) is 3.12. The second-order valence-electron chi connectivity index (χ2n) is 7.59. The van der Waals surface area contributed by atoms with E-state index in [9.17, 15) is 14.4 Å². The van der Waals surface area contributed by atoms with Crippen LogP contribution in [0.5, 0.6) is 0 Å². The summed E-state index contributed by atoms with van der Waals surface area (Å²) in [6.07, 6.45) is 1.42. The van der Waals surface area contributed by atoms with Gasteiger partial charge in [-0.15, -0.1) is 0 Å². The molecule has 1 fully saturated rings. The molecule has 31 heavy (non-hydrogen) atoms. The smallest absolute Gasteiger partial charge is 0.266 e. The minimum absolute atomic E-state index is 0.0330. The predicted molar refractivity (Wildman–Crippen MR) is 117 cm³/mol. The van der Waals surface area contributed by atoms with Crippen molar-refractivity contribution in [1.29, 1.82) is 0 Å². The van der Waals surface area contributed by atoms with Crippen LogP contribution in [0.2, 0.25) is 0 Å². The number of carbonyl (C=O) groups excluding carboxylic acids is 1. The van der Waals surface area contributed by atoms with Crippen LogP contribution in [0.4, 0.5) is 5.69 Å². The molecule has 1 aromatic carbocycles. The normalized spacial score (nSPS) is 14.0. The maximum Gasteiger partial charge on any atom is 0.266 e. The van der Waals surface area contributed by atoms with E-state index in [1.807, 2.05) is 30.3 Å². The van der Waals surface area contributed by atoms with Crippen LogP contribution in [0.15, 0.2) is 52.3 Å². The number of amides is 1. The van der Waals surface area contributed by atoms with E-state index in [0.29, 0.717) is 43.1 Å². The van der Waals surface area contributed by atoms with Crippen molar-refractivity contribution in [2.24, 2.45) is 0 Å². The van der Waals surface area contributed by atoms with E-state index in [1.54, 1.807) is 24.8 Å². The summed E-state index contributed by atoms with van der Waals surface area (Å²) in [7, 11) is 0. The summed E-state index contributed by atoms with van der Waals surface area (Å²) in [5, 5.41) is 6.76. The van der Waals surface area contributed by atoms with Gasteiger partial charge < -0.3 is 9.80 Å². The van der Waals surface area contributed by atoms with E-state index < -0.39 is 0 Å². The number of aryl methyl sites for hydroxylation is 1. The summed E-state index contributed by atoms with van der Waals surface area (Å²) in [5.74, 6) is -0.126. The SMILES string of the molecule is Cc1ncn(CC(=O)N2CCN(c3cc(=O)[nH]nc3-c3ccccc3)CC2)c(=O)c1C. The first-order chi connectivity index (χ1) is 14.9. The number of piperazine rings is 1. The lowest BCUT2D eigenvalue weighted by molar-refractivity contribution is -0.132. The molecule has 0 aliphatic carbocycles. The molecular formula is C22H24N6O3. The fourth-order valence-electron chi connectivity index (χ4n) is 3.67.